The van der Waals surface area contributed by atoms with Gasteiger partial charge in [0, 0.05) is 6.04 Å². The molecule has 2 unspecified atom stereocenters. The van der Waals surface area contributed by atoms with Crippen LogP contribution in [-0.4, -0.2) is 19.6 Å². The Labute approximate surface area is 108 Å². The summed E-state index contributed by atoms with van der Waals surface area (Å²) in [5.41, 5.74) is 2.25. The molecule has 0 heterocycles. The van der Waals surface area contributed by atoms with Gasteiger partial charge in [0.2, 0.25) is 10.0 Å². The summed E-state index contributed by atoms with van der Waals surface area (Å²) in [6.07, 6.45) is 0.900. The summed E-state index contributed by atoms with van der Waals surface area (Å²) in [5.74, 6) is 0.419. The minimum absolute atomic E-state index is 0.0625. The summed E-state index contributed by atoms with van der Waals surface area (Å²) in [6.45, 7) is 5.52. The van der Waals surface area contributed by atoms with Gasteiger partial charge in [-0.15, -0.1) is 0 Å². The van der Waals surface area contributed by atoms with Crippen molar-refractivity contribution in [1.82, 2.24) is 4.72 Å². The molecule has 0 spiro atoms. The van der Waals surface area contributed by atoms with Gasteiger partial charge in [-0.3, -0.25) is 0 Å². The standard InChI is InChI=1S/C13H19NO3S/c1-8-4-11(7-15)6-13(10(8)3)18(16,17)14-12-5-9(12)2/h4,6,9,12,14-15H,5,7H2,1-3H3. The van der Waals surface area contributed by atoms with E-state index in [2.05, 4.69) is 4.72 Å². The molecule has 2 atom stereocenters. The Hall–Kier alpha value is -0.910. The Kier molecular flexibility index (Phi) is 3.49. The molecule has 1 aromatic carbocycles. The Morgan fingerprint density at radius 3 is 2.50 bits per heavy atom. The lowest BCUT2D eigenvalue weighted by Crippen LogP contribution is -2.27. The molecule has 2 N–H and O–H groups in total. The Morgan fingerprint density at radius 1 is 1.39 bits per heavy atom. The Balaban J connectivity index is 2.39. The molecule has 100 valence electrons. The molecule has 1 fully saturated rings. The van der Waals surface area contributed by atoms with Gasteiger partial charge in [-0.05, 0) is 48.9 Å². The second kappa shape index (κ2) is 4.64. The molecule has 1 saturated carbocycles. The van der Waals surface area contributed by atoms with Crippen molar-refractivity contribution in [3.05, 3.63) is 28.8 Å². The van der Waals surface area contributed by atoms with E-state index in [0.717, 1.165) is 17.5 Å². The van der Waals surface area contributed by atoms with Crippen molar-refractivity contribution >= 4 is 10.0 Å². The van der Waals surface area contributed by atoms with Crippen LogP contribution in [0.2, 0.25) is 0 Å². The van der Waals surface area contributed by atoms with Crippen LogP contribution in [0.3, 0.4) is 0 Å². The highest BCUT2D eigenvalue weighted by Crippen LogP contribution is 2.31. The van der Waals surface area contributed by atoms with Crippen LogP contribution >= 0.6 is 0 Å². The molecule has 0 radical (unpaired) electrons. The average Bonchev–Trinajstić information content (AvgIpc) is 2.96. The molecule has 0 aliphatic heterocycles. The van der Waals surface area contributed by atoms with Crippen LogP contribution in [0.5, 0.6) is 0 Å². The predicted molar refractivity (Wildman–Crippen MR) is 69.7 cm³/mol. The number of sulfonamides is 1. The summed E-state index contributed by atoms with van der Waals surface area (Å²) < 4.78 is 27.3. The monoisotopic (exact) mass is 269 g/mol. The van der Waals surface area contributed by atoms with Gasteiger partial charge >= 0.3 is 0 Å². The third kappa shape index (κ3) is 2.58. The summed E-state index contributed by atoms with van der Waals surface area (Å²) in [4.78, 5) is 0.283. The van der Waals surface area contributed by atoms with Gasteiger partial charge in [0.15, 0.2) is 0 Å². The molecule has 5 heteroatoms. The molecule has 1 aromatic rings. The van der Waals surface area contributed by atoms with Crippen molar-refractivity contribution in [2.24, 2.45) is 5.92 Å². The molecule has 0 amide bonds. The average molecular weight is 269 g/mol. The van der Waals surface area contributed by atoms with Crippen LogP contribution in [0.4, 0.5) is 0 Å². The van der Waals surface area contributed by atoms with Gasteiger partial charge in [-0.1, -0.05) is 13.0 Å². The molecule has 0 saturated heterocycles. The summed E-state index contributed by atoms with van der Waals surface area (Å²) in [5, 5.41) is 9.16. The highest BCUT2D eigenvalue weighted by Gasteiger charge is 2.36. The van der Waals surface area contributed by atoms with E-state index in [1.54, 1.807) is 13.0 Å². The van der Waals surface area contributed by atoms with Crippen molar-refractivity contribution in [2.75, 3.05) is 0 Å². The lowest BCUT2D eigenvalue weighted by molar-refractivity contribution is 0.281. The predicted octanol–water partition coefficient (Wildman–Crippen LogP) is 1.48. The number of hydrogen-bond donors (Lipinski definition) is 2. The topological polar surface area (TPSA) is 66.4 Å². The van der Waals surface area contributed by atoms with E-state index in [4.69, 9.17) is 5.11 Å². The first-order chi connectivity index (χ1) is 8.35. The number of aliphatic hydroxyl groups is 1. The SMILES string of the molecule is Cc1cc(CO)cc(S(=O)(=O)NC2CC2C)c1C. The van der Waals surface area contributed by atoms with E-state index in [1.165, 1.54) is 0 Å². The molecule has 1 aliphatic carbocycles. The van der Waals surface area contributed by atoms with Gasteiger partial charge in [0.05, 0.1) is 11.5 Å². The minimum atomic E-state index is -3.48. The molecular formula is C13H19NO3S. The first-order valence-electron chi connectivity index (χ1n) is 6.08. The number of rotatable bonds is 4. The first kappa shape index (κ1) is 13.5. The Morgan fingerprint density at radius 2 is 2.00 bits per heavy atom. The highest BCUT2D eigenvalue weighted by molar-refractivity contribution is 7.89. The summed E-state index contributed by atoms with van der Waals surface area (Å²) in [7, 11) is -3.48. The lowest BCUT2D eigenvalue weighted by atomic mass is 10.1. The van der Waals surface area contributed by atoms with Crippen LogP contribution in [-0.2, 0) is 16.6 Å². The molecule has 1 aliphatic rings. The van der Waals surface area contributed by atoms with E-state index >= 15 is 0 Å². The van der Waals surface area contributed by atoms with Gasteiger partial charge in [0.25, 0.3) is 0 Å². The van der Waals surface area contributed by atoms with Crippen molar-refractivity contribution in [2.45, 2.75) is 44.7 Å². The number of aryl methyl sites for hydroxylation is 1. The van der Waals surface area contributed by atoms with Gasteiger partial charge < -0.3 is 5.11 Å². The molecule has 0 bridgehead atoms. The van der Waals surface area contributed by atoms with E-state index in [-0.39, 0.29) is 17.5 Å². The van der Waals surface area contributed by atoms with E-state index in [0.29, 0.717) is 11.5 Å². The molecular weight excluding hydrogens is 250 g/mol. The van der Waals surface area contributed by atoms with E-state index < -0.39 is 10.0 Å². The molecule has 18 heavy (non-hydrogen) atoms. The van der Waals surface area contributed by atoms with Crippen LogP contribution in [0.25, 0.3) is 0 Å². The first-order valence-corrected chi connectivity index (χ1v) is 7.57. The van der Waals surface area contributed by atoms with Gasteiger partial charge in [-0.25, -0.2) is 13.1 Å². The summed E-state index contributed by atoms with van der Waals surface area (Å²) >= 11 is 0. The van der Waals surface area contributed by atoms with E-state index in [1.807, 2.05) is 19.9 Å². The second-order valence-electron chi connectivity index (χ2n) is 5.13. The largest absolute Gasteiger partial charge is 0.392 e. The maximum Gasteiger partial charge on any atom is 0.241 e. The number of benzene rings is 1. The zero-order chi connectivity index (χ0) is 13.5. The highest BCUT2D eigenvalue weighted by atomic mass is 32.2. The fourth-order valence-corrected chi connectivity index (χ4v) is 3.74. The normalized spacial score (nSPS) is 23.1. The minimum Gasteiger partial charge on any atom is -0.392 e. The van der Waals surface area contributed by atoms with Crippen molar-refractivity contribution < 1.29 is 13.5 Å². The molecule has 2 rings (SSSR count). The fourth-order valence-electron chi connectivity index (χ4n) is 2.02. The fraction of sp³-hybridized carbons (Fsp3) is 0.538. The smallest absolute Gasteiger partial charge is 0.241 e. The summed E-state index contributed by atoms with van der Waals surface area (Å²) in [6, 6.07) is 3.43. The van der Waals surface area contributed by atoms with Gasteiger partial charge in [-0.2, -0.15) is 0 Å². The van der Waals surface area contributed by atoms with Crippen LogP contribution in [0, 0.1) is 19.8 Å². The van der Waals surface area contributed by atoms with Gasteiger partial charge in [0.1, 0.15) is 0 Å². The number of nitrogens with one attached hydrogen (secondary N) is 1. The van der Waals surface area contributed by atoms with E-state index in [9.17, 15) is 8.42 Å². The zero-order valence-electron chi connectivity index (χ0n) is 10.9. The quantitative estimate of drug-likeness (QED) is 0.870. The lowest BCUT2D eigenvalue weighted by Gasteiger charge is -2.12. The zero-order valence-corrected chi connectivity index (χ0v) is 11.7. The van der Waals surface area contributed by atoms with Crippen LogP contribution in [0.1, 0.15) is 30.0 Å². The second-order valence-corrected chi connectivity index (χ2v) is 6.82. The third-order valence-corrected chi connectivity index (χ3v) is 5.18. The third-order valence-electron chi connectivity index (χ3n) is 3.57. The number of hydrogen-bond acceptors (Lipinski definition) is 3. The van der Waals surface area contributed by atoms with Crippen molar-refractivity contribution in [1.29, 1.82) is 0 Å². The van der Waals surface area contributed by atoms with Crippen LogP contribution < -0.4 is 4.72 Å². The maximum atomic E-state index is 12.3. The maximum absolute atomic E-state index is 12.3. The molecule has 4 nitrogen and oxygen atoms in total. The number of aliphatic hydroxyl groups excluding tert-OH is 1. The molecule has 0 aromatic heterocycles. The van der Waals surface area contributed by atoms with Crippen LogP contribution in [0.15, 0.2) is 17.0 Å². The Bertz CT molecular complexity index is 566. The van der Waals surface area contributed by atoms with Crippen molar-refractivity contribution in [3.63, 3.8) is 0 Å². The van der Waals surface area contributed by atoms with Crippen molar-refractivity contribution in [3.8, 4) is 0 Å².